The van der Waals surface area contributed by atoms with Crippen molar-refractivity contribution < 1.29 is 0 Å². The summed E-state index contributed by atoms with van der Waals surface area (Å²) in [7, 11) is 0. The van der Waals surface area contributed by atoms with Crippen molar-refractivity contribution in [2.24, 2.45) is 4.99 Å². The average Bonchev–Trinajstić information content (AvgIpc) is 2.27. The third-order valence-electron chi connectivity index (χ3n) is 3.28. The average molecular weight is 183 g/mol. The molecule has 0 aliphatic carbocycles. The van der Waals surface area contributed by atoms with Crippen molar-refractivity contribution in [3.8, 4) is 0 Å². The molecule has 0 aromatic carbocycles. The van der Waals surface area contributed by atoms with Crippen LogP contribution in [0, 0.1) is 5.21 Å². The predicted molar refractivity (Wildman–Crippen MR) is 55.7 cm³/mol. The SMILES string of the molecule is CCC1(CC)N=C(C)C(C)(C)N1[O-]. The molecule has 0 amide bonds. The summed E-state index contributed by atoms with van der Waals surface area (Å²) in [5, 5.41) is 13.2. The first kappa shape index (κ1) is 10.7. The van der Waals surface area contributed by atoms with Crippen molar-refractivity contribution in [1.29, 1.82) is 0 Å². The van der Waals surface area contributed by atoms with Gasteiger partial charge in [-0.05, 0) is 33.6 Å². The summed E-state index contributed by atoms with van der Waals surface area (Å²) >= 11 is 0. The van der Waals surface area contributed by atoms with Gasteiger partial charge in [0.25, 0.3) is 0 Å². The molecular formula is C10H19N2O-. The Hall–Kier alpha value is -0.410. The molecule has 0 bridgehead atoms. The zero-order valence-corrected chi connectivity index (χ0v) is 9.22. The van der Waals surface area contributed by atoms with Gasteiger partial charge in [0.1, 0.15) is 5.66 Å². The van der Waals surface area contributed by atoms with E-state index in [-0.39, 0.29) is 0 Å². The van der Waals surface area contributed by atoms with Gasteiger partial charge in [0.05, 0.1) is 0 Å². The maximum atomic E-state index is 12.0. The summed E-state index contributed by atoms with van der Waals surface area (Å²) in [4.78, 5) is 4.52. The van der Waals surface area contributed by atoms with Crippen LogP contribution >= 0.6 is 0 Å². The highest BCUT2D eigenvalue weighted by Gasteiger charge is 2.42. The molecule has 13 heavy (non-hydrogen) atoms. The fraction of sp³-hybridized carbons (Fsp3) is 0.900. The van der Waals surface area contributed by atoms with Crippen LogP contribution in [0.25, 0.3) is 0 Å². The topological polar surface area (TPSA) is 38.7 Å². The van der Waals surface area contributed by atoms with Gasteiger partial charge in [0.15, 0.2) is 0 Å². The van der Waals surface area contributed by atoms with Gasteiger partial charge in [-0.25, -0.2) is 0 Å². The second-order valence-electron chi connectivity index (χ2n) is 4.24. The largest absolute Gasteiger partial charge is 0.783 e. The molecule has 76 valence electrons. The normalized spacial score (nSPS) is 26.2. The predicted octanol–water partition coefficient (Wildman–Crippen LogP) is 2.56. The lowest BCUT2D eigenvalue weighted by Crippen LogP contribution is -2.50. The highest BCUT2D eigenvalue weighted by atomic mass is 16.5. The van der Waals surface area contributed by atoms with Crippen molar-refractivity contribution in [2.75, 3.05) is 0 Å². The first-order chi connectivity index (χ1) is 5.90. The number of hydroxylamine groups is 2. The maximum absolute atomic E-state index is 12.0. The van der Waals surface area contributed by atoms with Crippen molar-refractivity contribution in [2.45, 2.75) is 58.7 Å². The van der Waals surface area contributed by atoms with E-state index in [0.29, 0.717) is 0 Å². The molecule has 0 atom stereocenters. The maximum Gasteiger partial charge on any atom is 0.102 e. The second-order valence-corrected chi connectivity index (χ2v) is 4.24. The summed E-state index contributed by atoms with van der Waals surface area (Å²) in [6.45, 7) is 9.86. The van der Waals surface area contributed by atoms with Gasteiger partial charge < -0.3 is 10.3 Å². The standard InChI is InChI=1S/C10H19N2O/c1-6-10(7-2)11-8(3)9(4,5)12(10)13/h6-7H2,1-5H3/q-1. The number of hydrogen-bond acceptors (Lipinski definition) is 3. The minimum Gasteiger partial charge on any atom is -0.783 e. The molecule has 0 radical (unpaired) electrons. The minimum atomic E-state index is -0.492. The summed E-state index contributed by atoms with van der Waals surface area (Å²) in [6, 6.07) is 0. The summed E-state index contributed by atoms with van der Waals surface area (Å²) in [5.74, 6) is 0. The highest BCUT2D eigenvalue weighted by molar-refractivity contribution is 5.92. The molecule has 1 aliphatic heterocycles. The Morgan fingerprint density at radius 2 is 1.77 bits per heavy atom. The molecule has 1 aliphatic rings. The molecule has 0 spiro atoms. The van der Waals surface area contributed by atoms with Gasteiger partial charge in [0, 0.05) is 11.3 Å². The van der Waals surface area contributed by atoms with E-state index in [1.54, 1.807) is 0 Å². The fourth-order valence-electron chi connectivity index (χ4n) is 1.86. The molecular weight excluding hydrogens is 164 g/mol. The van der Waals surface area contributed by atoms with E-state index in [4.69, 9.17) is 0 Å². The zero-order chi connectivity index (χ0) is 10.3. The Morgan fingerprint density at radius 3 is 1.92 bits per heavy atom. The molecule has 0 saturated heterocycles. The lowest BCUT2D eigenvalue weighted by molar-refractivity contribution is 0.107. The van der Waals surface area contributed by atoms with Crippen LogP contribution in [-0.2, 0) is 0 Å². The number of rotatable bonds is 2. The molecule has 0 fully saturated rings. The third-order valence-corrected chi connectivity index (χ3v) is 3.28. The van der Waals surface area contributed by atoms with Gasteiger partial charge in [-0.1, -0.05) is 13.8 Å². The van der Waals surface area contributed by atoms with Crippen LogP contribution in [0.15, 0.2) is 4.99 Å². The van der Waals surface area contributed by atoms with Crippen molar-refractivity contribution >= 4 is 5.71 Å². The van der Waals surface area contributed by atoms with Gasteiger partial charge in [-0.2, -0.15) is 0 Å². The Bertz CT molecular complexity index is 229. The molecule has 0 saturated carbocycles. The summed E-state index contributed by atoms with van der Waals surface area (Å²) in [6.07, 6.45) is 1.57. The molecule has 3 heteroatoms. The van der Waals surface area contributed by atoms with Gasteiger partial charge >= 0.3 is 0 Å². The second kappa shape index (κ2) is 3.07. The molecule has 1 heterocycles. The van der Waals surface area contributed by atoms with E-state index in [9.17, 15) is 5.21 Å². The Labute approximate surface area is 80.4 Å². The van der Waals surface area contributed by atoms with Gasteiger partial charge in [-0.3, -0.25) is 4.99 Å². The number of hydrogen-bond donors (Lipinski definition) is 0. The van der Waals surface area contributed by atoms with Gasteiger partial charge in [0.2, 0.25) is 0 Å². The van der Waals surface area contributed by atoms with Crippen molar-refractivity contribution in [1.82, 2.24) is 5.06 Å². The van der Waals surface area contributed by atoms with E-state index in [2.05, 4.69) is 4.99 Å². The molecule has 0 aromatic rings. The lowest BCUT2D eigenvalue weighted by Gasteiger charge is -2.48. The molecule has 3 nitrogen and oxygen atoms in total. The van der Waals surface area contributed by atoms with Crippen LogP contribution in [0.1, 0.15) is 47.5 Å². The van der Waals surface area contributed by atoms with Crippen molar-refractivity contribution in [3.05, 3.63) is 5.21 Å². The van der Waals surface area contributed by atoms with Crippen LogP contribution in [0.2, 0.25) is 0 Å². The quantitative estimate of drug-likeness (QED) is 0.660. The van der Waals surface area contributed by atoms with E-state index in [1.165, 1.54) is 0 Å². The summed E-state index contributed by atoms with van der Waals surface area (Å²) < 4.78 is 0. The first-order valence-corrected chi connectivity index (χ1v) is 4.95. The van der Waals surface area contributed by atoms with E-state index in [0.717, 1.165) is 23.6 Å². The van der Waals surface area contributed by atoms with E-state index >= 15 is 0 Å². The van der Waals surface area contributed by atoms with E-state index < -0.39 is 11.2 Å². The monoisotopic (exact) mass is 183 g/mol. The van der Waals surface area contributed by atoms with Crippen LogP contribution in [-0.4, -0.2) is 22.0 Å². The van der Waals surface area contributed by atoms with Gasteiger partial charge in [-0.15, -0.1) is 0 Å². The zero-order valence-electron chi connectivity index (χ0n) is 9.22. The highest BCUT2D eigenvalue weighted by Crippen LogP contribution is 2.38. The van der Waals surface area contributed by atoms with Crippen molar-refractivity contribution in [3.63, 3.8) is 0 Å². The lowest BCUT2D eigenvalue weighted by atomic mass is 9.98. The molecule has 0 aromatic heterocycles. The molecule has 0 unspecified atom stereocenters. The molecule has 0 N–H and O–H groups in total. The Morgan fingerprint density at radius 1 is 1.31 bits per heavy atom. The third kappa shape index (κ3) is 1.30. The van der Waals surface area contributed by atoms with Crippen LogP contribution in [0.4, 0.5) is 0 Å². The van der Waals surface area contributed by atoms with Crippen LogP contribution in [0.3, 0.4) is 0 Å². The summed E-state index contributed by atoms with van der Waals surface area (Å²) in [5.41, 5.74) is 0.0331. The smallest absolute Gasteiger partial charge is 0.102 e. The minimum absolute atomic E-state index is 0.425. The van der Waals surface area contributed by atoms with Crippen LogP contribution < -0.4 is 0 Å². The Kier molecular flexibility index (Phi) is 2.52. The Balaban J connectivity index is 3.07. The number of aliphatic imine (C=N–C) groups is 1. The number of nitrogens with zero attached hydrogens (tertiary/aromatic N) is 2. The fourth-order valence-corrected chi connectivity index (χ4v) is 1.86. The molecule has 1 rings (SSSR count). The first-order valence-electron chi connectivity index (χ1n) is 4.95. The van der Waals surface area contributed by atoms with E-state index in [1.807, 2.05) is 34.6 Å². The van der Waals surface area contributed by atoms with Crippen LogP contribution in [0.5, 0.6) is 0 Å².